The van der Waals surface area contributed by atoms with Gasteiger partial charge in [-0.2, -0.15) is 0 Å². The lowest BCUT2D eigenvalue weighted by Gasteiger charge is -2.03. The topological polar surface area (TPSA) is 38.3 Å². The van der Waals surface area contributed by atoms with Gasteiger partial charge in [-0.25, -0.2) is 5.01 Å². The quantitative estimate of drug-likeness (QED) is 0.560. The zero-order valence-electron chi connectivity index (χ0n) is 7.73. The molecule has 1 aromatic carbocycles. The summed E-state index contributed by atoms with van der Waals surface area (Å²) in [7, 11) is 0. The molecule has 2 rings (SSSR count). The van der Waals surface area contributed by atoms with Crippen LogP contribution in [0.4, 0.5) is 0 Å². The fourth-order valence-electron chi connectivity index (χ4n) is 1.40. The molecule has 0 amide bonds. The van der Waals surface area contributed by atoms with Crippen LogP contribution in [0.5, 0.6) is 5.75 Å². The van der Waals surface area contributed by atoms with Gasteiger partial charge in [0.25, 0.3) is 0 Å². The van der Waals surface area contributed by atoms with Crippen molar-refractivity contribution < 1.29 is 4.74 Å². The Morgan fingerprint density at radius 2 is 2.08 bits per heavy atom. The van der Waals surface area contributed by atoms with Gasteiger partial charge >= 0.3 is 0 Å². The normalized spacial score (nSPS) is 25.7. The zero-order valence-corrected chi connectivity index (χ0v) is 7.73. The van der Waals surface area contributed by atoms with Crippen LogP contribution in [0.15, 0.2) is 24.3 Å². The summed E-state index contributed by atoms with van der Waals surface area (Å²) in [6, 6.07) is 8.55. The molecule has 2 N–H and O–H groups in total. The van der Waals surface area contributed by atoms with Crippen LogP contribution in [0.1, 0.15) is 18.5 Å². The van der Waals surface area contributed by atoms with E-state index in [-0.39, 0.29) is 0 Å². The van der Waals surface area contributed by atoms with E-state index in [0.29, 0.717) is 12.6 Å². The van der Waals surface area contributed by atoms with Crippen molar-refractivity contribution in [1.82, 2.24) is 5.01 Å². The SMILES string of the molecule is CCOc1ccc(C2CN2N)cc1. The van der Waals surface area contributed by atoms with Crippen molar-refractivity contribution in [2.24, 2.45) is 5.84 Å². The predicted octanol–water partition coefficient (Wildman–Crippen LogP) is 1.32. The molecule has 3 heteroatoms. The van der Waals surface area contributed by atoms with Crippen molar-refractivity contribution in [3.63, 3.8) is 0 Å². The average molecular weight is 178 g/mol. The number of hydrazine groups is 1. The summed E-state index contributed by atoms with van der Waals surface area (Å²) in [5.74, 6) is 6.52. The van der Waals surface area contributed by atoms with Crippen molar-refractivity contribution in [3.8, 4) is 5.75 Å². The van der Waals surface area contributed by atoms with Crippen LogP contribution in [0.3, 0.4) is 0 Å². The molecular weight excluding hydrogens is 164 g/mol. The van der Waals surface area contributed by atoms with E-state index in [1.165, 1.54) is 5.56 Å². The van der Waals surface area contributed by atoms with E-state index in [4.69, 9.17) is 10.6 Å². The van der Waals surface area contributed by atoms with E-state index in [0.717, 1.165) is 12.3 Å². The van der Waals surface area contributed by atoms with E-state index < -0.39 is 0 Å². The Balaban J connectivity index is 2.06. The van der Waals surface area contributed by atoms with E-state index in [9.17, 15) is 0 Å². The molecular formula is C10H14N2O. The van der Waals surface area contributed by atoms with E-state index >= 15 is 0 Å². The molecule has 0 spiro atoms. The van der Waals surface area contributed by atoms with Gasteiger partial charge in [-0.1, -0.05) is 12.1 Å². The first-order chi connectivity index (χ1) is 6.31. The van der Waals surface area contributed by atoms with E-state index in [2.05, 4.69) is 12.1 Å². The summed E-state index contributed by atoms with van der Waals surface area (Å²) < 4.78 is 5.34. The first-order valence-electron chi connectivity index (χ1n) is 4.55. The second kappa shape index (κ2) is 3.36. The lowest BCUT2D eigenvalue weighted by Crippen LogP contribution is -2.05. The number of hydrogen-bond donors (Lipinski definition) is 1. The Bertz CT molecular complexity index is 283. The fraction of sp³-hybridized carbons (Fsp3) is 0.400. The summed E-state index contributed by atoms with van der Waals surface area (Å²) in [4.78, 5) is 0. The van der Waals surface area contributed by atoms with Crippen LogP contribution < -0.4 is 10.6 Å². The first kappa shape index (κ1) is 8.53. The summed E-state index contributed by atoms with van der Waals surface area (Å²) in [5, 5.41) is 1.82. The largest absolute Gasteiger partial charge is 0.494 e. The van der Waals surface area contributed by atoms with Gasteiger partial charge in [0.05, 0.1) is 12.6 Å². The molecule has 2 atom stereocenters. The van der Waals surface area contributed by atoms with Gasteiger partial charge in [0.15, 0.2) is 0 Å². The molecule has 1 fully saturated rings. The lowest BCUT2D eigenvalue weighted by molar-refractivity contribution is 0.340. The minimum Gasteiger partial charge on any atom is -0.494 e. The molecule has 0 aliphatic carbocycles. The molecule has 1 aromatic rings. The van der Waals surface area contributed by atoms with Gasteiger partial charge in [-0.3, -0.25) is 5.84 Å². The highest BCUT2D eigenvalue weighted by molar-refractivity contribution is 5.31. The number of ether oxygens (including phenoxy) is 1. The third-order valence-electron chi connectivity index (χ3n) is 2.23. The number of hydrogen-bond acceptors (Lipinski definition) is 3. The molecule has 0 bridgehead atoms. The Labute approximate surface area is 78.1 Å². The highest BCUT2D eigenvalue weighted by Gasteiger charge is 2.32. The van der Waals surface area contributed by atoms with Gasteiger partial charge in [0.2, 0.25) is 0 Å². The Hall–Kier alpha value is -1.06. The van der Waals surface area contributed by atoms with Crippen LogP contribution in [0.2, 0.25) is 0 Å². The standard InChI is InChI=1S/C10H14N2O/c1-2-13-9-5-3-8(4-6-9)10-7-12(10)11/h3-6,10H,2,7,11H2,1H3. The van der Waals surface area contributed by atoms with Crippen molar-refractivity contribution in [2.75, 3.05) is 13.2 Å². The minimum atomic E-state index is 0.427. The first-order valence-corrected chi connectivity index (χ1v) is 4.55. The van der Waals surface area contributed by atoms with Crippen molar-refractivity contribution in [3.05, 3.63) is 29.8 Å². The molecule has 1 aliphatic rings. The lowest BCUT2D eigenvalue weighted by atomic mass is 10.1. The maximum absolute atomic E-state index is 5.60. The number of nitrogens with zero attached hydrogens (tertiary/aromatic N) is 1. The molecule has 1 heterocycles. The van der Waals surface area contributed by atoms with Crippen LogP contribution in [-0.4, -0.2) is 18.2 Å². The number of benzene rings is 1. The van der Waals surface area contributed by atoms with Crippen molar-refractivity contribution in [1.29, 1.82) is 0 Å². The van der Waals surface area contributed by atoms with Crippen LogP contribution in [-0.2, 0) is 0 Å². The maximum atomic E-state index is 5.60. The van der Waals surface area contributed by atoms with Gasteiger partial charge in [-0.15, -0.1) is 0 Å². The minimum absolute atomic E-state index is 0.427. The molecule has 0 aromatic heterocycles. The van der Waals surface area contributed by atoms with Gasteiger partial charge < -0.3 is 4.74 Å². The highest BCUT2D eigenvalue weighted by atomic mass is 16.5. The third-order valence-corrected chi connectivity index (χ3v) is 2.23. The molecule has 0 radical (unpaired) electrons. The Morgan fingerprint density at radius 1 is 1.46 bits per heavy atom. The zero-order chi connectivity index (χ0) is 9.26. The molecule has 2 unspecified atom stereocenters. The monoisotopic (exact) mass is 178 g/mol. The summed E-state index contributed by atoms with van der Waals surface area (Å²) in [6.45, 7) is 3.66. The fourth-order valence-corrected chi connectivity index (χ4v) is 1.40. The number of rotatable bonds is 3. The predicted molar refractivity (Wildman–Crippen MR) is 51.2 cm³/mol. The second-order valence-corrected chi connectivity index (χ2v) is 3.21. The van der Waals surface area contributed by atoms with Gasteiger partial charge in [-0.05, 0) is 24.6 Å². The van der Waals surface area contributed by atoms with Crippen LogP contribution >= 0.6 is 0 Å². The summed E-state index contributed by atoms with van der Waals surface area (Å²) in [6.07, 6.45) is 0. The smallest absolute Gasteiger partial charge is 0.119 e. The highest BCUT2D eigenvalue weighted by Crippen LogP contribution is 2.31. The molecule has 0 saturated carbocycles. The molecule has 13 heavy (non-hydrogen) atoms. The summed E-state index contributed by atoms with van der Waals surface area (Å²) >= 11 is 0. The molecule has 3 nitrogen and oxygen atoms in total. The van der Waals surface area contributed by atoms with Crippen molar-refractivity contribution >= 4 is 0 Å². The average Bonchev–Trinajstić information content (AvgIpc) is 2.85. The van der Waals surface area contributed by atoms with Gasteiger partial charge in [0.1, 0.15) is 5.75 Å². The van der Waals surface area contributed by atoms with Crippen LogP contribution in [0.25, 0.3) is 0 Å². The molecule has 1 aliphatic heterocycles. The molecule has 70 valence electrons. The second-order valence-electron chi connectivity index (χ2n) is 3.21. The third kappa shape index (κ3) is 1.82. The Kier molecular flexibility index (Phi) is 2.20. The van der Waals surface area contributed by atoms with Gasteiger partial charge in [0, 0.05) is 6.54 Å². The Morgan fingerprint density at radius 3 is 2.54 bits per heavy atom. The van der Waals surface area contributed by atoms with Crippen molar-refractivity contribution in [2.45, 2.75) is 13.0 Å². The van der Waals surface area contributed by atoms with E-state index in [1.54, 1.807) is 0 Å². The molecule has 1 saturated heterocycles. The van der Waals surface area contributed by atoms with E-state index in [1.807, 2.05) is 24.1 Å². The summed E-state index contributed by atoms with van der Waals surface area (Å²) in [5.41, 5.74) is 1.27. The van der Waals surface area contributed by atoms with Crippen LogP contribution in [0, 0.1) is 0 Å². The maximum Gasteiger partial charge on any atom is 0.119 e. The number of nitrogens with two attached hydrogens (primary N) is 1.